The van der Waals surface area contributed by atoms with E-state index in [0.717, 1.165) is 11.8 Å². The van der Waals surface area contributed by atoms with Gasteiger partial charge in [-0.1, -0.05) is 6.92 Å². The minimum Gasteiger partial charge on any atom is -0.378 e. The largest absolute Gasteiger partial charge is 0.378 e. The van der Waals surface area contributed by atoms with Gasteiger partial charge in [-0.05, 0) is 23.9 Å². The number of rotatable bonds is 3. The van der Waals surface area contributed by atoms with Crippen LogP contribution >= 0.6 is 11.8 Å². The number of carbonyl (C=O) groups is 1. The summed E-state index contributed by atoms with van der Waals surface area (Å²) in [4.78, 5) is 15.3. The van der Waals surface area contributed by atoms with Crippen LogP contribution in [0.5, 0.6) is 0 Å². The first-order chi connectivity index (χ1) is 6.63. The summed E-state index contributed by atoms with van der Waals surface area (Å²) in [5.74, 6) is 0.0674. The third kappa shape index (κ3) is 2.85. The first-order valence-corrected chi connectivity index (χ1v) is 4.96. The molecule has 0 saturated carbocycles. The highest BCUT2D eigenvalue weighted by Crippen LogP contribution is 2.16. The molecule has 0 aliphatic rings. The van der Waals surface area contributed by atoms with Crippen molar-refractivity contribution in [3.05, 3.63) is 23.9 Å². The van der Waals surface area contributed by atoms with Crippen LogP contribution in [0.3, 0.4) is 0 Å². The van der Waals surface area contributed by atoms with E-state index in [1.54, 1.807) is 25.3 Å². The Labute approximate surface area is 86.4 Å². The Morgan fingerprint density at radius 3 is 3.00 bits per heavy atom. The Bertz CT molecular complexity index is 365. The molecule has 1 rings (SSSR count). The highest BCUT2D eigenvalue weighted by Gasteiger charge is 2.05. The van der Waals surface area contributed by atoms with Gasteiger partial charge in [0, 0.05) is 18.2 Å². The van der Waals surface area contributed by atoms with Crippen LogP contribution in [-0.4, -0.2) is 15.9 Å². The van der Waals surface area contributed by atoms with E-state index in [9.17, 15) is 4.79 Å². The van der Waals surface area contributed by atoms with E-state index in [1.165, 1.54) is 0 Å². The van der Waals surface area contributed by atoms with Crippen molar-refractivity contribution in [3.63, 3.8) is 0 Å². The number of pyridine rings is 1. The maximum absolute atomic E-state index is 11.3. The minimum atomic E-state index is -0.0291. The Morgan fingerprint density at radius 1 is 1.71 bits per heavy atom. The molecule has 1 aromatic heterocycles. The summed E-state index contributed by atoms with van der Waals surface area (Å²) in [6, 6.07) is 3.31. The molecule has 0 amide bonds. The molecule has 0 radical (unpaired) electrons. The first-order valence-electron chi connectivity index (χ1n) is 4.14. The average Bonchev–Trinajstić information content (AvgIpc) is 2.16. The zero-order chi connectivity index (χ0) is 10.6. The molecule has 0 atom stereocenters. The quantitative estimate of drug-likeness (QED) is 0.343. The summed E-state index contributed by atoms with van der Waals surface area (Å²) in [6.07, 6.45) is 2.02. The fraction of sp³-hybridized carbons (Fsp3) is 0.222. The maximum atomic E-state index is 11.3. The molecule has 14 heavy (non-hydrogen) atoms. The number of hydrogen-bond acceptors (Lipinski definition) is 4. The molecular formula is C9H11N3OS. The average molecular weight is 209 g/mol. The SMILES string of the molecule is CCC(=O)c1ccnc(SC(=N)N)c1. The monoisotopic (exact) mass is 209 g/mol. The number of ketones is 1. The number of Topliss-reactive ketones (excluding diaryl/α,β-unsaturated/α-hetero) is 1. The summed E-state index contributed by atoms with van der Waals surface area (Å²) < 4.78 is 0. The van der Waals surface area contributed by atoms with Gasteiger partial charge in [0.05, 0.1) is 0 Å². The number of amidine groups is 1. The lowest BCUT2D eigenvalue weighted by Crippen LogP contribution is -2.04. The van der Waals surface area contributed by atoms with E-state index < -0.39 is 0 Å². The van der Waals surface area contributed by atoms with Gasteiger partial charge in [-0.2, -0.15) is 0 Å². The van der Waals surface area contributed by atoms with E-state index in [-0.39, 0.29) is 11.0 Å². The lowest BCUT2D eigenvalue weighted by molar-refractivity contribution is 0.0988. The highest BCUT2D eigenvalue weighted by molar-refractivity contribution is 8.13. The first kappa shape index (κ1) is 10.7. The normalized spacial score (nSPS) is 9.79. The molecule has 0 saturated heterocycles. The second-order valence-electron chi connectivity index (χ2n) is 2.63. The van der Waals surface area contributed by atoms with Crippen LogP contribution in [0.4, 0.5) is 0 Å². The number of aromatic nitrogens is 1. The summed E-state index contributed by atoms with van der Waals surface area (Å²) >= 11 is 1.04. The smallest absolute Gasteiger partial charge is 0.162 e. The predicted octanol–water partition coefficient (Wildman–Crippen LogP) is 1.66. The van der Waals surface area contributed by atoms with Crippen molar-refractivity contribution in [1.29, 1.82) is 5.41 Å². The summed E-state index contributed by atoms with van der Waals surface area (Å²) in [6.45, 7) is 1.81. The van der Waals surface area contributed by atoms with Gasteiger partial charge in [-0.25, -0.2) is 4.98 Å². The van der Waals surface area contributed by atoms with Crippen LogP contribution in [0.25, 0.3) is 0 Å². The van der Waals surface area contributed by atoms with E-state index in [0.29, 0.717) is 17.0 Å². The van der Waals surface area contributed by atoms with Crippen molar-refractivity contribution in [2.45, 2.75) is 18.4 Å². The molecule has 3 N–H and O–H groups in total. The van der Waals surface area contributed by atoms with Crippen LogP contribution in [0.1, 0.15) is 23.7 Å². The Kier molecular flexibility index (Phi) is 3.64. The number of carbonyl (C=O) groups excluding carboxylic acids is 1. The van der Waals surface area contributed by atoms with Gasteiger partial charge in [-0.3, -0.25) is 10.2 Å². The predicted molar refractivity (Wildman–Crippen MR) is 56.6 cm³/mol. The van der Waals surface area contributed by atoms with Crippen LogP contribution in [-0.2, 0) is 0 Å². The number of hydrogen-bond donors (Lipinski definition) is 2. The van der Waals surface area contributed by atoms with Gasteiger partial charge in [0.1, 0.15) is 5.03 Å². The molecule has 1 heterocycles. The number of nitrogens with one attached hydrogen (secondary N) is 1. The molecule has 0 spiro atoms. The van der Waals surface area contributed by atoms with Gasteiger partial charge >= 0.3 is 0 Å². The van der Waals surface area contributed by atoms with Crippen molar-refractivity contribution >= 4 is 22.7 Å². The molecule has 0 aliphatic carbocycles. The van der Waals surface area contributed by atoms with E-state index in [1.807, 2.05) is 0 Å². The fourth-order valence-electron chi connectivity index (χ4n) is 0.955. The zero-order valence-corrected chi connectivity index (χ0v) is 8.60. The molecule has 5 heteroatoms. The van der Waals surface area contributed by atoms with Crippen molar-refractivity contribution in [2.75, 3.05) is 0 Å². The molecule has 4 nitrogen and oxygen atoms in total. The van der Waals surface area contributed by atoms with Crippen LogP contribution in [0, 0.1) is 5.41 Å². The summed E-state index contributed by atoms with van der Waals surface area (Å²) in [5, 5.41) is 7.62. The standard InChI is InChI=1S/C9H11N3OS/c1-2-7(13)6-3-4-12-8(5-6)14-9(10)11/h3-5H,2H2,1H3,(H3,10,11). The van der Waals surface area contributed by atoms with Crippen LogP contribution in [0.2, 0.25) is 0 Å². The molecule has 0 aliphatic heterocycles. The second-order valence-corrected chi connectivity index (χ2v) is 3.69. The molecule has 74 valence electrons. The van der Waals surface area contributed by atoms with Gasteiger partial charge < -0.3 is 5.73 Å². The van der Waals surface area contributed by atoms with Crippen molar-refractivity contribution in [3.8, 4) is 0 Å². The van der Waals surface area contributed by atoms with Crippen LogP contribution in [0.15, 0.2) is 23.4 Å². The molecule has 0 bridgehead atoms. The summed E-state index contributed by atoms with van der Waals surface area (Å²) in [5.41, 5.74) is 5.82. The number of nitrogens with two attached hydrogens (primary N) is 1. The number of thioether (sulfide) groups is 1. The second kappa shape index (κ2) is 4.76. The molecular weight excluding hydrogens is 198 g/mol. The van der Waals surface area contributed by atoms with Gasteiger partial charge in [0.2, 0.25) is 0 Å². The maximum Gasteiger partial charge on any atom is 0.162 e. The van der Waals surface area contributed by atoms with Gasteiger partial charge in [0.25, 0.3) is 0 Å². The minimum absolute atomic E-state index is 0.0291. The van der Waals surface area contributed by atoms with Gasteiger partial charge in [-0.15, -0.1) is 0 Å². The third-order valence-electron chi connectivity index (χ3n) is 1.59. The van der Waals surface area contributed by atoms with E-state index in [4.69, 9.17) is 11.1 Å². The Balaban J connectivity index is 2.89. The highest BCUT2D eigenvalue weighted by atomic mass is 32.2. The molecule has 0 aromatic carbocycles. The lowest BCUT2D eigenvalue weighted by atomic mass is 10.1. The Morgan fingerprint density at radius 2 is 2.43 bits per heavy atom. The van der Waals surface area contributed by atoms with Crippen molar-refractivity contribution in [2.24, 2.45) is 5.73 Å². The van der Waals surface area contributed by atoms with Crippen molar-refractivity contribution < 1.29 is 4.79 Å². The van der Waals surface area contributed by atoms with Crippen LogP contribution < -0.4 is 5.73 Å². The fourth-order valence-corrected chi connectivity index (χ4v) is 1.48. The van der Waals surface area contributed by atoms with E-state index in [2.05, 4.69) is 4.98 Å². The van der Waals surface area contributed by atoms with E-state index >= 15 is 0 Å². The zero-order valence-electron chi connectivity index (χ0n) is 7.78. The van der Waals surface area contributed by atoms with Crippen molar-refractivity contribution in [1.82, 2.24) is 4.98 Å². The third-order valence-corrected chi connectivity index (χ3v) is 2.24. The Hall–Kier alpha value is -1.36. The lowest BCUT2D eigenvalue weighted by Gasteiger charge is -2.00. The number of nitrogens with zero attached hydrogens (tertiary/aromatic N) is 1. The molecule has 1 aromatic rings. The van der Waals surface area contributed by atoms with Gasteiger partial charge in [0.15, 0.2) is 11.0 Å². The molecule has 0 unspecified atom stereocenters. The molecule has 0 fully saturated rings. The summed E-state index contributed by atoms with van der Waals surface area (Å²) in [7, 11) is 0. The topological polar surface area (TPSA) is 79.8 Å².